The maximum atomic E-state index is 6.03. The molecule has 0 amide bonds. The number of hydrogen-bond donors (Lipinski definition) is 1. The smallest absolute Gasteiger partial charge is 0.0708 e. The summed E-state index contributed by atoms with van der Waals surface area (Å²) >= 11 is 0. The Morgan fingerprint density at radius 2 is 2.00 bits per heavy atom. The van der Waals surface area contributed by atoms with E-state index in [2.05, 4.69) is 26.1 Å². The van der Waals surface area contributed by atoms with Crippen LogP contribution >= 0.6 is 0 Å². The number of rotatable bonds is 10. The van der Waals surface area contributed by atoms with Crippen LogP contribution in [0.15, 0.2) is 0 Å². The van der Waals surface area contributed by atoms with Gasteiger partial charge in [-0.2, -0.15) is 0 Å². The quantitative estimate of drug-likeness (QED) is 0.598. The van der Waals surface area contributed by atoms with E-state index in [1.807, 2.05) is 0 Å². The van der Waals surface area contributed by atoms with Gasteiger partial charge in [-0.05, 0) is 44.7 Å². The molecule has 1 aliphatic rings. The molecule has 0 radical (unpaired) electrons. The van der Waals surface area contributed by atoms with Gasteiger partial charge in [0.15, 0.2) is 0 Å². The Labute approximate surface area is 106 Å². The summed E-state index contributed by atoms with van der Waals surface area (Å²) < 4.78 is 11.6. The Hall–Kier alpha value is -0.120. The normalized spacial score (nSPS) is 18.4. The van der Waals surface area contributed by atoms with E-state index in [9.17, 15) is 0 Å². The summed E-state index contributed by atoms with van der Waals surface area (Å²) in [4.78, 5) is 0. The van der Waals surface area contributed by atoms with Crippen LogP contribution in [0.1, 0.15) is 46.5 Å². The summed E-state index contributed by atoms with van der Waals surface area (Å²) in [6, 6.07) is 0. The van der Waals surface area contributed by atoms with Crippen molar-refractivity contribution in [3.8, 4) is 0 Å². The Kier molecular flexibility index (Phi) is 7.09. The fourth-order valence-electron chi connectivity index (χ4n) is 2.17. The van der Waals surface area contributed by atoms with Gasteiger partial charge in [-0.1, -0.05) is 20.8 Å². The van der Waals surface area contributed by atoms with Gasteiger partial charge in [-0.3, -0.25) is 0 Å². The lowest BCUT2D eigenvalue weighted by molar-refractivity contribution is -0.118. The number of hydrogen-bond acceptors (Lipinski definition) is 3. The SMILES string of the molecule is CCNCCC1(OCCOCC(C)C)CCC1. The molecule has 0 bridgehead atoms. The molecule has 1 aliphatic carbocycles. The molecular formula is C14H29NO2. The predicted molar refractivity (Wildman–Crippen MR) is 71.4 cm³/mol. The summed E-state index contributed by atoms with van der Waals surface area (Å²) in [6.07, 6.45) is 4.91. The van der Waals surface area contributed by atoms with Gasteiger partial charge in [-0.25, -0.2) is 0 Å². The fourth-order valence-corrected chi connectivity index (χ4v) is 2.17. The predicted octanol–water partition coefficient (Wildman–Crippen LogP) is 2.60. The third-order valence-corrected chi connectivity index (χ3v) is 3.36. The van der Waals surface area contributed by atoms with Crippen LogP contribution in [0.2, 0.25) is 0 Å². The highest BCUT2D eigenvalue weighted by Gasteiger charge is 2.37. The minimum atomic E-state index is 0.170. The molecule has 1 saturated carbocycles. The molecule has 0 heterocycles. The molecule has 0 aromatic heterocycles. The third-order valence-electron chi connectivity index (χ3n) is 3.36. The van der Waals surface area contributed by atoms with Crippen molar-refractivity contribution in [2.24, 2.45) is 5.92 Å². The molecule has 0 aromatic carbocycles. The van der Waals surface area contributed by atoms with E-state index < -0.39 is 0 Å². The van der Waals surface area contributed by atoms with Crippen LogP contribution in [0.4, 0.5) is 0 Å². The lowest BCUT2D eigenvalue weighted by Gasteiger charge is -2.42. The molecule has 102 valence electrons. The molecule has 17 heavy (non-hydrogen) atoms. The zero-order valence-corrected chi connectivity index (χ0v) is 11.8. The van der Waals surface area contributed by atoms with Gasteiger partial charge in [0.25, 0.3) is 0 Å². The van der Waals surface area contributed by atoms with Crippen LogP contribution in [0, 0.1) is 5.92 Å². The molecule has 0 spiro atoms. The topological polar surface area (TPSA) is 30.5 Å². The molecule has 1 fully saturated rings. The van der Waals surface area contributed by atoms with Crippen LogP contribution < -0.4 is 5.32 Å². The molecule has 0 aliphatic heterocycles. The molecular weight excluding hydrogens is 214 g/mol. The van der Waals surface area contributed by atoms with Crippen molar-refractivity contribution < 1.29 is 9.47 Å². The maximum absolute atomic E-state index is 6.03. The Bertz CT molecular complexity index is 191. The second-order valence-electron chi connectivity index (χ2n) is 5.46. The van der Waals surface area contributed by atoms with E-state index >= 15 is 0 Å². The average molecular weight is 243 g/mol. The first-order chi connectivity index (χ1) is 8.18. The standard InChI is InChI=1S/C14H29NO2/c1-4-15-9-8-14(6-5-7-14)17-11-10-16-12-13(2)3/h13,15H,4-12H2,1-3H3. The van der Waals surface area contributed by atoms with Crippen molar-refractivity contribution in [3.63, 3.8) is 0 Å². The average Bonchev–Trinajstić information content (AvgIpc) is 2.24. The molecule has 3 heteroatoms. The second kappa shape index (κ2) is 8.06. The van der Waals surface area contributed by atoms with Gasteiger partial charge >= 0.3 is 0 Å². The molecule has 3 nitrogen and oxygen atoms in total. The lowest BCUT2D eigenvalue weighted by Crippen LogP contribution is -2.43. The zero-order chi connectivity index (χ0) is 12.6. The summed E-state index contributed by atoms with van der Waals surface area (Å²) in [5.41, 5.74) is 0.170. The van der Waals surface area contributed by atoms with E-state index in [-0.39, 0.29) is 5.60 Å². The molecule has 0 saturated heterocycles. The number of ether oxygens (including phenoxy) is 2. The van der Waals surface area contributed by atoms with Crippen LogP contribution in [-0.4, -0.2) is 38.5 Å². The van der Waals surface area contributed by atoms with Crippen molar-refractivity contribution in [1.29, 1.82) is 0 Å². The van der Waals surface area contributed by atoms with Crippen LogP contribution in [0.25, 0.3) is 0 Å². The Balaban J connectivity index is 2.05. The van der Waals surface area contributed by atoms with Gasteiger partial charge < -0.3 is 14.8 Å². The van der Waals surface area contributed by atoms with Crippen molar-refractivity contribution in [1.82, 2.24) is 5.32 Å². The van der Waals surface area contributed by atoms with Crippen molar-refractivity contribution in [2.75, 3.05) is 32.9 Å². The first-order valence-electron chi connectivity index (χ1n) is 7.11. The largest absolute Gasteiger partial charge is 0.379 e. The Morgan fingerprint density at radius 1 is 1.24 bits per heavy atom. The Morgan fingerprint density at radius 3 is 2.53 bits per heavy atom. The first-order valence-corrected chi connectivity index (χ1v) is 7.11. The molecule has 0 aromatic rings. The fraction of sp³-hybridized carbons (Fsp3) is 1.00. The monoisotopic (exact) mass is 243 g/mol. The lowest BCUT2D eigenvalue weighted by atomic mass is 9.77. The van der Waals surface area contributed by atoms with Gasteiger partial charge in [0, 0.05) is 6.61 Å². The molecule has 1 N–H and O–H groups in total. The summed E-state index contributed by atoms with van der Waals surface area (Å²) in [7, 11) is 0. The zero-order valence-electron chi connectivity index (χ0n) is 11.8. The minimum absolute atomic E-state index is 0.170. The molecule has 1 rings (SSSR count). The van der Waals surface area contributed by atoms with E-state index in [0.29, 0.717) is 5.92 Å². The van der Waals surface area contributed by atoms with Crippen molar-refractivity contribution >= 4 is 0 Å². The summed E-state index contributed by atoms with van der Waals surface area (Å²) in [5, 5.41) is 3.38. The number of nitrogens with one attached hydrogen (secondary N) is 1. The first kappa shape index (κ1) is 14.9. The highest BCUT2D eigenvalue weighted by atomic mass is 16.5. The molecule has 0 atom stereocenters. The highest BCUT2D eigenvalue weighted by Crippen LogP contribution is 2.38. The van der Waals surface area contributed by atoms with Crippen LogP contribution in [0.5, 0.6) is 0 Å². The van der Waals surface area contributed by atoms with Crippen molar-refractivity contribution in [3.05, 3.63) is 0 Å². The van der Waals surface area contributed by atoms with Gasteiger partial charge in [0.05, 0.1) is 18.8 Å². The maximum Gasteiger partial charge on any atom is 0.0708 e. The van der Waals surface area contributed by atoms with Gasteiger partial charge in [0.1, 0.15) is 0 Å². The van der Waals surface area contributed by atoms with E-state index in [1.165, 1.54) is 19.3 Å². The highest BCUT2D eigenvalue weighted by molar-refractivity contribution is 4.90. The third kappa shape index (κ3) is 5.84. The van der Waals surface area contributed by atoms with Crippen LogP contribution in [0.3, 0.4) is 0 Å². The van der Waals surface area contributed by atoms with E-state index in [0.717, 1.165) is 39.3 Å². The van der Waals surface area contributed by atoms with E-state index in [1.54, 1.807) is 0 Å². The van der Waals surface area contributed by atoms with Gasteiger partial charge in [-0.15, -0.1) is 0 Å². The minimum Gasteiger partial charge on any atom is -0.379 e. The summed E-state index contributed by atoms with van der Waals surface area (Å²) in [6.45, 7) is 10.9. The van der Waals surface area contributed by atoms with Crippen LogP contribution in [-0.2, 0) is 9.47 Å². The second-order valence-corrected chi connectivity index (χ2v) is 5.46. The van der Waals surface area contributed by atoms with Crippen molar-refractivity contribution in [2.45, 2.75) is 52.1 Å². The van der Waals surface area contributed by atoms with Gasteiger partial charge in [0.2, 0.25) is 0 Å². The summed E-state index contributed by atoms with van der Waals surface area (Å²) in [5.74, 6) is 0.612. The molecule has 0 unspecified atom stereocenters. The van der Waals surface area contributed by atoms with E-state index in [4.69, 9.17) is 9.47 Å².